The van der Waals surface area contributed by atoms with Crippen LogP contribution in [0.2, 0.25) is 0 Å². The van der Waals surface area contributed by atoms with Crippen molar-refractivity contribution in [2.24, 2.45) is 0 Å². The molecule has 2 aliphatic rings. The molecule has 2 aliphatic heterocycles. The summed E-state index contributed by atoms with van der Waals surface area (Å²) in [6.07, 6.45) is -0.594. The van der Waals surface area contributed by atoms with Gasteiger partial charge in [-0.3, -0.25) is 4.79 Å². The highest BCUT2D eigenvalue weighted by atomic mass is 16.5. The maximum atomic E-state index is 13.0. The predicted octanol–water partition coefficient (Wildman–Crippen LogP) is 3.04. The topological polar surface area (TPSA) is 86.3 Å². The van der Waals surface area contributed by atoms with E-state index in [0.717, 1.165) is 24.3 Å². The first-order valence-corrected chi connectivity index (χ1v) is 11.0. The van der Waals surface area contributed by atoms with E-state index in [1.807, 2.05) is 32.0 Å². The zero-order chi connectivity index (χ0) is 22.5. The van der Waals surface area contributed by atoms with Crippen molar-refractivity contribution in [1.82, 2.24) is 0 Å². The van der Waals surface area contributed by atoms with E-state index in [1.54, 1.807) is 18.2 Å². The van der Waals surface area contributed by atoms with Gasteiger partial charge < -0.3 is 29.2 Å². The second kappa shape index (κ2) is 9.91. The lowest BCUT2D eigenvalue weighted by Crippen LogP contribution is -2.38. The summed E-state index contributed by atoms with van der Waals surface area (Å²) in [5.41, 5.74) is 2.67. The van der Waals surface area contributed by atoms with Crippen molar-refractivity contribution in [3.8, 4) is 11.5 Å². The molecule has 1 unspecified atom stereocenters. The number of ether oxygens (including phenoxy) is 4. The first-order valence-electron chi connectivity index (χ1n) is 11.0. The molecule has 0 aromatic heterocycles. The number of carbonyl (C=O) groups is 2. The van der Waals surface area contributed by atoms with Gasteiger partial charge in [-0.2, -0.15) is 0 Å². The smallest absolute Gasteiger partial charge is 0.339 e. The molecule has 1 atom stereocenters. The number of rotatable bonds is 7. The van der Waals surface area contributed by atoms with Crippen LogP contribution in [-0.2, 0) is 20.7 Å². The number of morpholine rings is 1. The quantitative estimate of drug-likeness (QED) is 0.663. The van der Waals surface area contributed by atoms with E-state index in [2.05, 4.69) is 10.2 Å². The molecule has 0 bridgehead atoms. The zero-order valence-electron chi connectivity index (χ0n) is 18.4. The third-order valence-electron chi connectivity index (χ3n) is 5.45. The molecule has 2 aromatic carbocycles. The number of nitrogens with zero attached hydrogens (tertiary/aromatic N) is 1. The summed E-state index contributed by atoms with van der Waals surface area (Å²) < 4.78 is 22.6. The monoisotopic (exact) mass is 440 g/mol. The summed E-state index contributed by atoms with van der Waals surface area (Å²) in [5.74, 6) is 0.289. The number of amides is 1. The van der Waals surface area contributed by atoms with Crippen molar-refractivity contribution < 1.29 is 28.5 Å². The van der Waals surface area contributed by atoms with Crippen LogP contribution in [0.15, 0.2) is 36.4 Å². The molecule has 4 rings (SSSR count). The highest BCUT2D eigenvalue weighted by Gasteiger charge is 2.32. The van der Waals surface area contributed by atoms with Gasteiger partial charge in [-0.1, -0.05) is 18.2 Å². The Labute approximate surface area is 187 Å². The molecule has 1 N–H and O–H groups in total. The minimum absolute atomic E-state index is 0.321. The van der Waals surface area contributed by atoms with E-state index >= 15 is 0 Å². The normalized spacial score (nSPS) is 17.9. The second-order valence-electron chi connectivity index (χ2n) is 7.53. The fourth-order valence-electron chi connectivity index (χ4n) is 3.94. The Bertz CT molecular complexity index is 986. The molecule has 8 nitrogen and oxygen atoms in total. The van der Waals surface area contributed by atoms with Gasteiger partial charge in [0.15, 0.2) is 6.10 Å². The van der Waals surface area contributed by atoms with Gasteiger partial charge in [-0.05, 0) is 25.5 Å². The van der Waals surface area contributed by atoms with E-state index in [0.29, 0.717) is 55.6 Å². The van der Waals surface area contributed by atoms with Gasteiger partial charge >= 0.3 is 5.97 Å². The van der Waals surface area contributed by atoms with Crippen molar-refractivity contribution in [1.29, 1.82) is 0 Å². The number of carbonyl (C=O) groups excluding carboxylic acids is 2. The standard InChI is InChI=1S/C24H28N2O6/c1-3-30-20-15-19(26-9-11-29-12-10-26)21(31-4-2)14-18(20)25-23(27)22-13-16-7-5-6-8-17(16)24(28)32-22/h5-8,14-15,22H,3-4,9-13H2,1-2H3,(H,25,27). The number of hydrogen-bond acceptors (Lipinski definition) is 7. The number of esters is 1. The molecule has 8 heteroatoms. The average molecular weight is 440 g/mol. The van der Waals surface area contributed by atoms with Crippen LogP contribution in [0.25, 0.3) is 0 Å². The lowest BCUT2D eigenvalue weighted by Gasteiger charge is -2.31. The number of cyclic esters (lactones) is 1. The molecule has 0 radical (unpaired) electrons. The van der Waals surface area contributed by atoms with Gasteiger partial charge in [0.05, 0.1) is 43.4 Å². The van der Waals surface area contributed by atoms with Gasteiger partial charge in [-0.25, -0.2) is 4.79 Å². The summed E-state index contributed by atoms with van der Waals surface area (Å²) >= 11 is 0. The van der Waals surface area contributed by atoms with Gasteiger partial charge in [0.25, 0.3) is 5.91 Å². The van der Waals surface area contributed by atoms with Crippen molar-refractivity contribution in [2.75, 3.05) is 49.7 Å². The molecular weight excluding hydrogens is 412 g/mol. The van der Waals surface area contributed by atoms with E-state index < -0.39 is 18.0 Å². The number of anilines is 2. The summed E-state index contributed by atoms with van der Waals surface area (Å²) in [6.45, 7) is 7.49. The molecule has 0 spiro atoms. The van der Waals surface area contributed by atoms with Crippen LogP contribution in [-0.4, -0.2) is 57.5 Å². The lowest BCUT2D eigenvalue weighted by atomic mass is 9.98. The summed E-state index contributed by atoms with van der Waals surface area (Å²) in [6, 6.07) is 10.8. The van der Waals surface area contributed by atoms with Gasteiger partial charge in [0, 0.05) is 31.6 Å². The molecular formula is C24H28N2O6. The minimum Gasteiger partial charge on any atom is -0.492 e. The number of fused-ring (bicyclic) bond motifs is 1. The molecule has 1 fully saturated rings. The lowest BCUT2D eigenvalue weighted by molar-refractivity contribution is -0.125. The van der Waals surface area contributed by atoms with Crippen LogP contribution < -0.4 is 19.7 Å². The van der Waals surface area contributed by atoms with Crippen molar-refractivity contribution in [2.45, 2.75) is 26.4 Å². The summed E-state index contributed by atoms with van der Waals surface area (Å²) in [4.78, 5) is 27.5. The maximum Gasteiger partial charge on any atom is 0.339 e. The minimum atomic E-state index is -0.915. The Morgan fingerprint density at radius 3 is 2.56 bits per heavy atom. The van der Waals surface area contributed by atoms with Crippen LogP contribution in [0.5, 0.6) is 11.5 Å². The molecule has 2 aromatic rings. The van der Waals surface area contributed by atoms with Crippen LogP contribution >= 0.6 is 0 Å². The molecule has 170 valence electrons. The largest absolute Gasteiger partial charge is 0.492 e. The molecule has 0 saturated carbocycles. The Morgan fingerprint density at radius 2 is 1.81 bits per heavy atom. The van der Waals surface area contributed by atoms with Gasteiger partial charge in [-0.15, -0.1) is 0 Å². The molecule has 1 amide bonds. The van der Waals surface area contributed by atoms with Crippen molar-refractivity contribution >= 4 is 23.3 Å². The van der Waals surface area contributed by atoms with E-state index in [1.165, 1.54) is 0 Å². The first-order chi connectivity index (χ1) is 15.6. The number of hydrogen-bond donors (Lipinski definition) is 1. The Balaban J connectivity index is 1.60. The highest BCUT2D eigenvalue weighted by molar-refractivity contribution is 6.01. The third-order valence-corrected chi connectivity index (χ3v) is 5.45. The van der Waals surface area contributed by atoms with E-state index in [-0.39, 0.29) is 0 Å². The zero-order valence-corrected chi connectivity index (χ0v) is 18.4. The second-order valence-corrected chi connectivity index (χ2v) is 7.53. The van der Waals surface area contributed by atoms with Crippen LogP contribution in [0.1, 0.15) is 29.8 Å². The first kappa shape index (κ1) is 22.0. The third kappa shape index (κ3) is 4.65. The van der Waals surface area contributed by atoms with E-state index in [9.17, 15) is 9.59 Å². The molecule has 0 aliphatic carbocycles. The average Bonchev–Trinajstić information content (AvgIpc) is 2.81. The Kier molecular flexibility index (Phi) is 6.80. The fourth-order valence-corrected chi connectivity index (χ4v) is 3.94. The van der Waals surface area contributed by atoms with Gasteiger partial charge in [0.2, 0.25) is 0 Å². The predicted molar refractivity (Wildman–Crippen MR) is 120 cm³/mol. The van der Waals surface area contributed by atoms with E-state index in [4.69, 9.17) is 18.9 Å². The van der Waals surface area contributed by atoms with Crippen LogP contribution in [0, 0.1) is 0 Å². The number of benzene rings is 2. The SMILES string of the molecule is CCOc1cc(N2CCOCC2)c(OCC)cc1NC(=O)C1Cc2ccccc2C(=O)O1. The van der Waals surface area contributed by atoms with Crippen LogP contribution in [0.3, 0.4) is 0 Å². The number of nitrogens with one attached hydrogen (secondary N) is 1. The van der Waals surface area contributed by atoms with Crippen molar-refractivity contribution in [3.63, 3.8) is 0 Å². The van der Waals surface area contributed by atoms with Crippen LogP contribution in [0.4, 0.5) is 11.4 Å². The molecule has 32 heavy (non-hydrogen) atoms. The molecule has 1 saturated heterocycles. The summed E-state index contributed by atoms with van der Waals surface area (Å²) in [5, 5.41) is 2.88. The maximum absolute atomic E-state index is 13.0. The molecule has 2 heterocycles. The Hall–Kier alpha value is -3.26. The Morgan fingerprint density at radius 1 is 1.09 bits per heavy atom. The van der Waals surface area contributed by atoms with Gasteiger partial charge in [0.1, 0.15) is 11.5 Å². The fraction of sp³-hybridized carbons (Fsp3) is 0.417. The van der Waals surface area contributed by atoms with Crippen molar-refractivity contribution in [3.05, 3.63) is 47.5 Å². The summed E-state index contributed by atoms with van der Waals surface area (Å²) in [7, 11) is 0. The highest BCUT2D eigenvalue weighted by Crippen LogP contribution is 2.39.